The zero-order valence-electron chi connectivity index (χ0n) is 14.0. The number of hydrogen-bond acceptors (Lipinski definition) is 5. The van der Waals surface area contributed by atoms with E-state index in [0.717, 1.165) is 54.0 Å². The number of nitrogens with zero attached hydrogens (tertiary/aromatic N) is 2. The number of piperidine rings is 1. The highest BCUT2D eigenvalue weighted by Crippen LogP contribution is 2.34. The topological polar surface area (TPSA) is 54.8 Å². The number of aliphatic hydroxyl groups is 1. The molecule has 1 saturated heterocycles. The number of aliphatic hydroxyl groups excluding tert-OH is 1. The zero-order valence-corrected chi connectivity index (χ0v) is 14.0. The van der Waals surface area contributed by atoms with Crippen LogP contribution in [-0.2, 0) is 0 Å². The van der Waals surface area contributed by atoms with Crippen molar-refractivity contribution in [2.45, 2.75) is 19.8 Å². The summed E-state index contributed by atoms with van der Waals surface area (Å²) < 4.78 is 10.8. The number of rotatable bonds is 4. The van der Waals surface area contributed by atoms with Gasteiger partial charge in [-0.05, 0) is 43.4 Å². The van der Waals surface area contributed by atoms with Crippen molar-refractivity contribution in [3.05, 3.63) is 23.8 Å². The highest BCUT2D eigenvalue weighted by Gasteiger charge is 2.21. The second kappa shape index (κ2) is 6.62. The first kappa shape index (κ1) is 15.9. The summed E-state index contributed by atoms with van der Waals surface area (Å²) in [6.45, 7) is 4.18. The molecule has 1 atom stereocenters. The van der Waals surface area contributed by atoms with Gasteiger partial charge in [-0.1, -0.05) is 0 Å². The zero-order chi connectivity index (χ0) is 16.4. The first-order valence-electron chi connectivity index (χ1n) is 8.05. The minimum absolute atomic E-state index is 0.244. The van der Waals surface area contributed by atoms with Crippen LogP contribution in [-0.4, -0.2) is 44.0 Å². The van der Waals surface area contributed by atoms with Crippen LogP contribution in [0.5, 0.6) is 11.5 Å². The minimum atomic E-state index is 0.244. The molecule has 1 N–H and O–H groups in total. The maximum absolute atomic E-state index is 9.43. The van der Waals surface area contributed by atoms with Crippen LogP contribution in [0, 0.1) is 12.8 Å². The van der Waals surface area contributed by atoms with Crippen LogP contribution in [0.1, 0.15) is 18.4 Å². The molecule has 0 spiro atoms. The van der Waals surface area contributed by atoms with Crippen molar-refractivity contribution < 1.29 is 14.6 Å². The lowest BCUT2D eigenvalue weighted by atomic mass is 9.99. The van der Waals surface area contributed by atoms with Crippen LogP contribution < -0.4 is 14.4 Å². The van der Waals surface area contributed by atoms with E-state index >= 15 is 0 Å². The summed E-state index contributed by atoms with van der Waals surface area (Å²) in [5.41, 5.74) is 2.07. The third-order valence-electron chi connectivity index (χ3n) is 4.61. The summed E-state index contributed by atoms with van der Waals surface area (Å²) in [7, 11) is 3.28. The Kier molecular flexibility index (Phi) is 4.57. The molecule has 0 saturated carbocycles. The van der Waals surface area contributed by atoms with Crippen LogP contribution in [0.15, 0.2) is 18.2 Å². The van der Waals surface area contributed by atoms with E-state index in [2.05, 4.69) is 17.9 Å². The average molecular weight is 316 g/mol. The molecule has 0 radical (unpaired) electrons. The Morgan fingerprint density at radius 1 is 1.22 bits per heavy atom. The SMILES string of the molecule is COc1cc2nc(N3CCC[C@H](CO)C3)cc(C)c2cc1OC. The minimum Gasteiger partial charge on any atom is -0.493 e. The van der Waals surface area contributed by atoms with Gasteiger partial charge >= 0.3 is 0 Å². The fourth-order valence-corrected chi connectivity index (χ4v) is 3.29. The molecule has 0 amide bonds. The molecule has 1 fully saturated rings. The predicted octanol–water partition coefficient (Wildman–Crippen LogP) is 2.77. The van der Waals surface area contributed by atoms with Crippen LogP contribution in [0.2, 0.25) is 0 Å². The number of benzene rings is 1. The largest absolute Gasteiger partial charge is 0.493 e. The summed E-state index contributed by atoms with van der Waals surface area (Å²) in [6, 6.07) is 6.03. The maximum Gasteiger partial charge on any atom is 0.162 e. The molecule has 124 valence electrons. The molecular weight excluding hydrogens is 292 g/mol. The maximum atomic E-state index is 9.43. The lowest BCUT2D eigenvalue weighted by Gasteiger charge is -2.33. The Morgan fingerprint density at radius 2 is 1.96 bits per heavy atom. The summed E-state index contributed by atoms with van der Waals surface area (Å²) in [5, 5.41) is 10.5. The number of methoxy groups -OCH3 is 2. The lowest BCUT2D eigenvalue weighted by Crippen LogP contribution is -2.37. The smallest absolute Gasteiger partial charge is 0.162 e. The van der Waals surface area contributed by atoms with Crippen LogP contribution >= 0.6 is 0 Å². The quantitative estimate of drug-likeness (QED) is 0.940. The molecule has 2 heterocycles. The fraction of sp³-hybridized carbons (Fsp3) is 0.500. The van der Waals surface area contributed by atoms with Crippen LogP contribution in [0.3, 0.4) is 0 Å². The summed E-state index contributed by atoms with van der Waals surface area (Å²) in [4.78, 5) is 7.09. The molecule has 1 aliphatic heterocycles. The summed E-state index contributed by atoms with van der Waals surface area (Å²) >= 11 is 0. The van der Waals surface area contributed by atoms with Gasteiger partial charge in [-0.3, -0.25) is 0 Å². The Balaban J connectivity index is 2.03. The summed E-state index contributed by atoms with van der Waals surface area (Å²) in [5.74, 6) is 2.72. The first-order chi connectivity index (χ1) is 11.2. The molecule has 23 heavy (non-hydrogen) atoms. The van der Waals surface area contributed by atoms with Crippen molar-refractivity contribution in [2.75, 3.05) is 38.8 Å². The lowest BCUT2D eigenvalue weighted by molar-refractivity contribution is 0.208. The Morgan fingerprint density at radius 3 is 2.65 bits per heavy atom. The van der Waals surface area contributed by atoms with E-state index in [-0.39, 0.29) is 6.61 Å². The normalized spacial score (nSPS) is 18.3. The Hall–Kier alpha value is -2.01. The van der Waals surface area contributed by atoms with Crippen molar-refractivity contribution in [1.82, 2.24) is 4.98 Å². The van der Waals surface area contributed by atoms with E-state index in [1.54, 1.807) is 14.2 Å². The van der Waals surface area contributed by atoms with E-state index in [0.29, 0.717) is 11.7 Å². The van der Waals surface area contributed by atoms with E-state index in [1.165, 1.54) is 0 Å². The van der Waals surface area contributed by atoms with Crippen LogP contribution in [0.25, 0.3) is 10.9 Å². The fourth-order valence-electron chi connectivity index (χ4n) is 3.29. The second-order valence-corrected chi connectivity index (χ2v) is 6.16. The molecule has 0 unspecified atom stereocenters. The number of aryl methyl sites for hydroxylation is 1. The van der Waals surface area contributed by atoms with E-state index in [9.17, 15) is 5.11 Å². The third kappa shape index (κ3) is 3.06. The number of ether oxygens (including phenoxy) is 2. The standard InChI is InChI=1S/C18H24N2O3/c1-12-7-18(20-6-4-5-13(10-20)11-21)19-15-9-17(23-3)16(22-2)8-14(12)15/h7-9,13,21H,4-6,10-11H2,1-3H3/t13-/m0/s1. The van der Waals surface area contributed by atoms with Gasteiger partial charge in [-0.2, -0.15) is 0 Å². The molecule has 1 aliphatic rings. The molecule has 0 aliphatic carbocycles. The van der Waals surface area contributed by atoms with Crippen molar-refractivity contribution in [2.24, 2.45) is 5.92 Å². The Bertz CT molecular complexity index is 702. The molecule has 1 aromatic carbocycles. The van der Waals surface area contributed by atoms with E-state index in [1.807, 2.05) is 12.1 Å². The van der Waals surface area contributed by atoms with Gasteiger partial charge in [-0.25, -0.2) is 4.98 Å². The molecular formula is C18H24N2O3. The number of hydrogen-bond donors (Lipinski definition) is 1. The van der Waals surface area contributed by atoms with Gasteiger partial charge in [0, 0.05) is 31.1 Å². The average Bonchev–Trinajstić information content (AvgIpc) is 2.60. The predicted molar refractivity (Wildman–Crippen MR) is 91.6 cm³/mol. The monoisotopic (exact) mass is 316 g/mol. The second-order valence-electron chi connectivity index (χ2n) is 6.16. The van der Waals surface area contributed by atoms with Crippen molar-refractivity contribution >= 4 is 16.7 Å². The van der Waals surface area contributed by atoms with Crippen molar-refractivity contribution in [3.8, 4) is 11.5 Å². The van der Waals surface area contributed by atoms with Gasteiger partial charge in [-0.15, -0.1) is 0 Å². The van der Waals surface area contributed by atoms with E-state index in [4.69, 9.17) is 14.5 Å². The molecule has 2 aromatic rings. The van der Waals surface area contributed by atoms with E-state index < -0.39 is 0 Å². The third-order valence-corrected chi connectivity index (χ3v) is 4.61. The van der Waals surface area contributed by atoms with Gasteiger partial charge in [0.2, 0.25) is 0 Å². The number of aromatic nitrogens is 1. The Labute approximate surface area is 136 Å². The highest BCUT2D eigenvalue weighted by atomic mass is 16.5. The first-order valence-corrected chi connectivity index (χ1v) is 8.05. The molecule has 3 rings (SSSR count). The molecule has 5 heteroatoms. The van der Waals surface area contributed by atoms with Gasteiger partial charge < -0.3 is 19.5 Å². The van der Waals surface area contributed by atoms with Gasteiger partial charge in [0.05, 0.1) is 19.7 Å². The molecule has 0 bridgehead atoms. The van der Waals surface area contributed by atoms with Gasteiger partial charge in [0.15, 0.2) is 11.5 Å². The molecule has 1 aromatic heterocycles. The number of fused-ring (bicyclic) bond motifs is 1. The van der Waals surface area contributed by atoms with Gasteiger partial charge in [0.1, 0.15) is 5.82 Å². The van der Waals surface area contributed by atoms with Gasteiger partial charge in [0.25, 0.3) is 0 Å². The van der Waals surface area contributed by atoms with Crippen LogP contribution in [0.4, 0.5) is 5.82 Å². The summed E-state index contributed by atoms with van der Waals surface area (Å²) in [6.07, 6.45) is 2.18. The van der Waals surface area contributed by atoms with Crippen molar-refractivity contribution in [3.63, 3.8) is 0 Å². The number of pyridine rings is 1. The molecule has 5 nitrogen and oxygen atoms in total. The van der Waals surface area contributed by atoms with Crippen molar-refractivity contribution in [1.29, 1.82) is 0 Å². The highest BCUT2D eigenvalue weighted by molar-refractivity contribution is 5.87. The number of anilines is 1.